The smallest absolute Gasteiger partial charge is 0.123 e. The third-order valence-electron chi connectivity index (χ3n) is 9.64. The molecule has 5 heteroatoms. The third kappa shape index (κ3) is 3.19. The summed E-state index contributed by atoms with van der Waals surface area (Å²) in [7, 11) is 0. The molecule has 3 aliphatic rings. The highest BCUT2D eigenvalue weighted by Crippen LogP contribution is 2.62. The standard InChI is InChI=1S/C27H36FN3O/c1-17-4-9-23-22(14-29)24(10-11-26(17,23)2)27(3)13-18-15-31(21-7-5-20(28)6-8-21)30-25(18)12-19(27)16-32/h5-8,15,19,22-24,32H,1,4,9-14,16,29H2,2-3H3/t19-,22+,23+,24+,26-,27+/m1/s1. The molecule has 2 aromatic rings. The number of nitrogens with zero attached hydrogens (tertiary/aromatic N) is 2. The summed E-state index contributed by atoms with van der Waals surface area (Å²) < 4.78 is 15.2. The lowest BCUT2D eigenvalue weighted by atomic mass is 9.49. The number of aromatic nitrogens is 2. The van der Waals surface area contributed by atoms with Crippen molar-refractivity contribution in [1.29, 1.82) is 0 Å². The predicted molar refractivity (Wildman–Crippen MR) is 125 cm³/mol. The van der Waals surface area contributed by atoms with Gasteiger partial charge >= 0.3 is 0 Å². The average molecular weight is 438 g/mol. The molecule has 0 saturated heterocycles. The first-order valence-electron chi connectivity index (χ1n) is 12.1. The zero-order valence-corrected chi connectivity index (χ0v) is 19.4. The highest BCUT2D eigenvalue weighted by molar-refractivity contribution is 5.35. The lowest BCUT2D eigenvalue weighted by Gasteiger charge is -2.55. The van der Waals surface area contributed by atoms with Crippen LogP contribution in [0.1, 0.15) is 50.8 Å². The van der Waals surface area contributed by atoms with Gasteiger partial charge in [-0.1, -0.05) is 26.0 Å². The molecule has 2 saturated carbocycles. The number of aliphatic hydroxyl groups excluding tert-OH is 1. The van der Waals surface area contributed by atoms with Crippen molar-refractivity contribution < 1.29 is 9.50 Å². The van der Waals surface area contributed by atoms with Crippen molar-refractivity contribution in [2.24, 2.45) is 40.2 Å². The Labute approximate surface area is 190 Å². The van der Waals surface area contributed by atoms with Gasteiger partial charge in [0.1, 0.15) is 5.82 Å². The number of rotatable bonds is 4. The lowest BCUT2D eigenvalue weighted by molar-refractivity contribution is -0.0536. The first kappa shape index (κ1) is 21.8. The molecule has 3 N–H and O–H groups in total. The molecule has 0 bridgehead atoms. The minimum atomic E-state index is -0.245. The molecule has 0 radical (unpaired) electrons. The molecule has 6 atom stereocenters. The molecular formula is C27H36FN3O. The van der Waals surface area contributed by atoms with E-state index in [2.05, 4.69) is 26.6 Å². The van der Waals surface area contributed by atoms with Gasteiger partial charge in [-0.15, -0.1) is 0 Å². The van der Waals surface area contributed by atoms with E-state index in [4.69, 9.17) is 10.8 Å². The quantitative estimate of drug-likeness (QED) is 0.683. The Morgan fingerprint density at radius 3 is 2.66 bits per heavy atom. The Kier molecular flexibility index (Phi) is 5.33. The molecule has 2 fully saturated rings. The number of benzene rings is 1. The summed E-state index contributed by atoms with van der Waals surface area (Å²) in [4.78, 5) is 0. The van der Waals surface area contributed by atoms with Crippen LogP contribution in [0.25, 0.3) is 5.69 Å². The molecule has 1 aromatic heterocycles. The van der Waals surface area contributed by atoms with E-state index in [1.54, 1.807) is 12.1 Å². The lowest BCUT2D eigenvalue weighted by Crippen LogP contribution is -2.53. The monoisotopic (exact) mass is 437 g/mol. The van der Waals surface area contributed by atoms with Crippen molar-refractivity contribution in [3.63, 3.8) is 0 Å². The van der Waals surface area contributed by atoms with Crippen molar-refractivity contribution in [1.82, 2.24) is 9.78 Å². The molecule has 1 heterocycles. The van der Waals surface area contributed by atoms with Crippen LogP contribution in [-0.4, -0.2) is 28.0 Å². The van der Waals surface area contributed by atoms with Crippen LogP contribution in [0.5, 0.6) is 0 Å². The zero-order chi connectivity index (χ0) is 22.7. The molecular weight excluding hydrogens is 401 g/mol. The summed E-state index contributed by atoms with van der Waals surface area (Å²) in [5, 5.41) is 15.3. The summed E-state index contributed by atoms with van der Waals surface area (Å²) in [5.74, 6) is 1.46. The van der Waals surface area contributed by atoms with Crippen molar-refractivity contribution in [3.05, 3.63) is 59.7 Å². The minimum absolute atomic E-state index is 0.0201. The van der Waals surface area contributed by atoms with Crippen molar-refractivity contribution in [2.45, 2.75) is 52.4 Å². The molecule has 5 rings (SSSR count). The normalized spacial score (nSPS) is 36.7. The van der Waals surface area contributed by atoms with Gasteiger partial charge in [0, 0.05) is 12.8 Å². The van der Waals surface area contributed by atoms with Crippen molar-refractivity contribution in [2.75, 3.05) is 13.2 Å². The van der Waals surface area contributed by atoms with Crippen LogP contribution < -0.4 is 5.73 Å². The second-order valence-corrected chi connectivity index (χ2v) is 11.0. The SMILES string of the molecule is C=C1CC[C@H]2[C@H](CN)[C@@H]([C@@]3(C)Cc4cn(-c5ccc(F)cc5)nc4C[C@@H]3CO)CC[C@]12C. The van der Waals surface area contributed by atoms with E-state index in [9.17, 15) is 9.50 Å². The van der Waals surface area contributed by atoms with E-state index in [1.807, 2.05) is 4.68 Å². The van der Waals surface area contributed by atoms with Gasteiger partial charge in [0.2, 0.25) is 0 Å². The number of aliphatic hydroxyl groups is 1. The summed E-state index contributed by atoms with van der Waals surface area (Å²) in [6.45, 7) is 10.1. The van der Waals surface area contributed by atoms with Gasteiger partial charge in [0.25, 0.3) is 0 Å². The summed E-state index contributed by atoms with van der Waals surface area (Å²) in [5.41, 5.74) is 11.2. The Balaban J connectivity index is 1.48. The van der Waals surface area contributed by atoms with Crippen LogP contribution in [0.15, 0.2) is 42.6 Å². The number of hydrogen-bond donors (Lipinski definition) is 2. The fourth-order valence-electron chi connectivity index (χ4n) is 7.56. The highest BCUT2D eigenvalue weighted by atomic mass is 19.1. The Bertz CT molecular complexity index is 1010. The van der Waals surface area contributed by atoms with Crippen molar-refractivity contribution in [3.8, 4) is 5.69 Å². The minimum Gasteiger partial charge on any atom is -0.396 e. The van der Waals surface area contributed by atoms with Gasteiger partial charge in [-0.05, 0) is 109 Å². The molecule has 1 aromatic carbocycles. The van der Waals surface area contributed by atoms with Crippen LogP contribution in [0.3, 0.4) is 0 Å². The predicted octanol–water partition coefficient (Wildman–Crippen LogP) is 4.68. The van der Waals surface area contributed by atoms with E-state index >= 15 is 0 Å². The summed E-state index contributed by atoms with van der Waals surface area (Å²) >= 11 is 0. The van der Waals surface area contributed by atoms with Crippen LogP contribution in [0.4, 0.5) is 4.39 Å². The Hall–Kier alpha value is -1.98. The van der Waals surface area contributed by atoms with Gasteiger partial charge < -0.3 is 10.8 Å². The van der Waals surface area contributed by atoms with Crippen LogP contribution >= 0.6 is 0 Å². The fourth-order valence-corrected chi connectivity index (χ4v) is 7.56. The summed E-state index contributed by atoms with van der Waals surface area (Å²) in [6.07, 6.45) is 8.42. The molecule has 0 amide bonds. The first-order chi connectivity index (χ1) is 15.3. The molecule has 0 spiro atoms. The molecule has 0 unspecified atom stereocenters. The van der Waals surface area contributed by atoms with E-state index in [0.29, 0.717) is 24.3 Å². The Morgan fingerprint density at radius 1 is 1.22 bits per heavy atom. The molecule has 32 heavy (non-hydrogen) atoms. The average Bonchev–Trinajstić information content (AvgIpc) is 3.32. The number of fused-ring (bicyclic) bond motifs is 2. The van der Waals surface area contributed by atoms with Crippen molar-refractivity contribution >= 4 is 0 Å². The number of allylic oxidation sites excluding steroid dienone is 1. The number of hydrogen-bond acceptors (Lipinski definition) is 3. The fraction of sp³-hybridized carbons (Fsp3) is 0.593. The Morgan fingerprint density at radius 2 is 1.97 bits per heavy atom. The molecule has 0 aliphatic heterocycles. The third-order valence-corrected chi connectivity index (χ3v) is 9.64. The van der Waals surface area contributed by atoms with Crippen LogP contribution in [0, 0.1) is 40.3 Å². The topological polar surface area (TPSA) is 64.1 Å². The zero-order valence-electron chi connectivity index (χ0n) is 19.4. The van der Waals surface area contributed by atoms with Gasteiger partial charge in [0.05, 0.1) is 11.4 Å². The van der Waals surface area contributed by atoms with Crippen LogP contribution in [-0.2, 0) is 12.8 Å². The molecule has 3 aliphatic carbocycles. The van der Waals surface area contributed by atoms with Crippen LogP contribution in [0.2, 0.25) is 0 Å². The van der Waals surface area contributed by atoms with Gasteiger partial charge in [-0.25, -0.2) is 9.07 Å². The second kappa shape index (κ2) is 7.81. The second-order valence-electron chi connectivity index (χ2n) is 11.0. The number of halogens is 1. The molecule has 172 valence electrons. The largest absolute Gasteiger partial charge is 0.396 e. The maximum atomic E-state index is 13.4. The van der Waals surface area contributed by atoms with E-state index in [-0.39, 0.29) is 29.2 Å². The molecule has 4 nitrogen and oxygen atoms in total. The van der Waals surface area contributed by atoms with Gasteiger partial charge in [0.15, 0.2) is 0 Å². The maximum Gasteiger partial charge on any atom is 0.123 e. The van der Waals surface area contributed by atoms with Gasteiger partial charge in [-0.3, -0.25) is 0 Å². The summed E-state index contributed by atoms with van der Waals surface area (Å²) in [6, 6.07) is 6.46. The van der Waals surface area contributed by atoms with Gasteiger partial charge in [-0.2, -0.15) is 5.10 Å². The highest BCUT2D eigenvalue weighted by Gasteiger charge is 2.56. The number of nitrogens with two attached hydrogens (primary N) is 1. The van der Waals surface area contributed by atoms with E-state index in [1.165, 1.54) is 36.1 Å². The van der Waals surface area contributed by atoms with E-state index in [0.717, 1.165) is 37.1 Å². The van der Waals surface area contributed by atoms with E-state index < -0.39 is 0 Å². The first-order valence-corrected chi connectivity index (χ1v) is 12.1. The maximum absolute atomic E-state index is 13.4.